The number of rotatable bonds is 6. The average Bonchev–Trinajstić information content (AvgIpc) is 2.53. The molecule has 0 aliphatic heterocycles. The van der Waals surface area contributed by atoms with Crippen molar-refractivity contribution >= 4 is 23.9 Å². The highest BCUT2D eigenvalue weighted by Gasteiger charge is 2.01. The fraction of sp³-hybridized carbons (Fsp3) is 0.176. The van der Waals surface area contributed by atoms with Crippen molar-refractivity contribution in [3.63, 3.8) is 0 Å². The minimum absolute atomic E-state index is 0.135. The number of ether oxygens (including phenoxy) is 1. The molecule has 1 amide bonds. The summed E-state index contributed by atoms with van der Waals surface area (Å²) in [7, 11) is 1.63. The molecular weight excluding hydrogens is 296 g/mol. The van der Waals surface area contributed by atoms with Crippen LogP contribution in [0.25, 0.3) is 0 Å². The Morgan fingerprint density at radius 1 is 1.27 bits per heavy atom. The molecule has 2 aromatic rings. The molecule has 2 aromatic carbocycles. The van der Waals surface area contributed by atoms with Crippen LogP contribution in [0.4, 0.5) is 0 Å². The molecule has 5 heteroatoms. The number of carbonyl (C=O) groups is 1. The lowest BCUT2D eigenvalue weighted by atomic mass is 10.2. The number of hydrogen-bond donors (Lipinski definition) is 1. The Morgan fingerprint density at radius 2 is 2.05 bits per heavy atom. The lowest BCUT2D eigenvalue weighted by molar-refractivity contribution is -0.118. The van der Waals surface area contributed by atoms with Crippen LogP contribution in [-0.2, 0) is 4.79 Å². The lowest BCUT2D eigenvalue weighted by Crippen LogP contribution is -2.19. The number of benzene rings is 2. The molecule has 0 radical (unpaired) electrons. The van der Waals surface area contributed by atoms with E-state index in [1.54, 1.807) is 13.3 Å². The van der Waals surface area contributed by atoms with E-state index in [0.717, 1.165) is 21.8 Å². The molecule has 1 N–H and O–H groups in total. The molecule has 114 valence electrons. The van der Waals surface area contributed by atoms with E-state index in [2.05, 4.69) is 10.5 Å². The Labute approximate surface area is 134 Å². The topological polar surface area (TPSA) is 50.7 Å². The molecule has 4 nitrogen and oxygen atoms in total. The number of methoxy groups -OCH3 is 1. The summed E-state index contributed by atoms with van der Waals surface area (Å²) in [4.78, 5) is 12.7. The van der Waals surface area contributed by atoms with Gasteiger partial charge >= 0.3 is 0 Å². The molecule has 0 heterocycles. The number of nitrogens with one attached hydrogen (secondary N) is 1. The highest BCUT2D eigenvalue weighted by Crippen LogP contribution is 2.20. The maximum Gasteiger partial charge on any atom is 0.250 e. The van der Waals surface area contributed by atoms with Crippen LogP contribution in [0.3, 0.4) is 0 Å². The van der Waals surface area contributed by atoms with Gasteiger partial charge in [-0.3, -0.25) is 4.79 Å². The number of amides is 1. The second-order valence-corrected chi connectivity index (χ2v) is 5.72. The zero-order valence-corrected chi connectivity index (χ0v) is 13.4. The van der Waals surface area contributed by atoms with Crippen molar-refractivity contribution in [1.29, 1.82) is 0 Å². The van der Waals surface area contributed by atoms with Crippen molar-refractivity contribution in [3.05, 3.63) is 59.7 Å². The van der Waals surface area contributed by atoms with E-state index in [0.29, 0.717) is 5.75 Å². The first-order chi connectivity index (χ1) is 10.7. The van der Waals surface area contributed by atoms with Crippen LogP contribution in [-0.4, -0.2) is 25.0 Å². The van der Waals surface area contributed by atoms with Gasteiger partial charge in [-0.25, -0.2) is 5.43 Å². The third kappa shape index (κ3) is 5.26. The molecule has 22 heavy (non-hydrogen) atoms. The highest BCUT2D eigenvalue weighted by atomic mass is 32.2. The summed E-state index contributed by atoms with van der Waals surface area (Å²) >= 11 is 1.45. The summed E-state index contributed by atoms with van der Waals surface area (Å²) in [5.41, 5.74) is 4.65. The minimum Gasteiger partial charge on any atom is -0.497 e. The van der Waals surface area contributed by atoms with Gasteiger partial charge in [0, 0.05) is 4.90 Å². The van der Waals surface area contributed by atoms with E-state index in [-0.39, 0.29) is 5.91 Å². The van der Waals surface area contributed by atoms with Crippen LogP contribution < -0.4 is 10.2 Å². The maximum absolute atomic E-state index is 11.7. The molecule has 0 aliphatic rings. The summed E-state index contributed by atoms with van der Waals surface area (Å²) in [5.74, 6) is 0.985. The SMILES string of the molecule is COc1ccc(SCC(=O)N/N=C\c2cccc(C)c2)cc1. The number of aryl methyl sites for hydroxylation is 1. The third-order valence-electron chi connectivity index (χ3n) is 2.87. The Bertz CT molecular complexity index is 654. The van der Waals surface area contributed by atoms with Gasteiger partial charge in [-0.15, -0.1) is 11.8 Å². The van der Waals surface area contributed by atoms with Gasteiger partial charge in [0.05, 0.1) is 19.1 Å². The van der Waals surface area contributed by atoms with Crippen molar-refractivity contribution < 1.29 is 9.53 Å². The zero-order valence-electron chi connectivity index (χ0n) is 12.6. The van der Waals surface area contributed by atoms with Crippen LogP contribution in [0, 0.1) is 6.92 Å². The molecule has 0 atom stereocenters. The van der Waals surface area contributed by atoms with Crippen LogP contribution >= 0.6 is 11.8 Å². The van der Waals surface area contributed by atoms with Gasteiger partial charge in [0.1, 0.15) is 5.75 Å². The van der Waals surface area contributed by atoms with Crippen molar-refractivity contribution in [2.75, 3.05) is 12.9 Å². The van der Waals surface area contributed by atoms with Crippen LogP contribution in [0.2, 0.25) is 0 Å². The minimum atomic E-state index is -0.135. The number of nitrogens with zero attached hydrogens (tertiary/aromatic N) is 1. The van der Waals surface area contributed by atoms with E-state index in [9.17, 15) is 4.79 Å². The Balaban J connectivity index is 1.77. The van der Waals surface area contributed by atoms with Gasteiger partial charge in [0.25, 0.3) is 0 Å². The summed E-state index contributed by atoms with van der Waals surface area (Å²) in [5, 5.41) is 3.96. The van der Waals surface area contributed by atoms with Gasteiger partial charge in [-0.2, -0.15) is 5.10 Å². The van der Waals surface area contributed by atoms with Crippen LogP contribution in [0.5, 0.6) is 5.75 Å². The molecule has 0 saturated heterocycles. The number of hydrazone groups is 1. The van der Waals surface area contributed by atoms with E-state index >= 15 is 0 Å². The van der Waals surface area contributed by atoms with Crippen molar-refractivity contribution in [2.24, 2.45) is 5.10 Å². The smallest absolute Gasteiger partial charge is 0.250 e. The lowest BCUT2D eigenvalue weighted by Gasteiger charge is -2.03. The number of hydrogen-bond acceptors (Lipinski definition) is 4. The summed E-state index contributed by atoms with van der Waals surface area (Å²) < 4.78 is 5.09. The number of thioether (sulfide) groups is 1. The Kier molecular flexibility index (Phi) is 6.03. The van der Waals surface area contributed by atoms with E-state index < -0.39 is 0 Å². The van der Waals surface area contributed by atoms with Gasteiger partial charge in [0.15, 0.2) is 0 Å². The van der Waals surface area contributed by atoms with E-state index in [1.807, 2.05) is 55.5 Å². The van der Waals surface area contributed by atoms with E-state index in [4.69, 9.17) is 4.74 Å². The first kappa shape index (κ1) is 16.1. The fourth-order valence-electron chi connectivity index (χ4n) is 1.78. The molecule has 2 rings (SSSR count). The largest absolute Gasteiger partial charge is 0.497 e. The second kappa shape index (κ2) is 8.24. The molecule has 0 aromatic heterocycles. The Hall–Kier alpha value is -2.27. The number of carbonyl (C=O) groups excluding carboxylic acids is 1. The zero-order chi connectivity index (χ0) is 15.8. The summed E-state index contributed by atoms with van der Waals surface area (Å²) in [6.45, 7) is 2.02. The molecular formula is C17H18N2O2S. The summed E-state index contributed by atoms with van der Waals surface area (Å²) in [6.07, 6.45) is 1.64. The van der Waals surface area contributed by atoms with Gasteiger partial charge in [-0.05, 0) is 36.8 Å². The standard InChI is InChI=1S/C17H18N2O2S/c1-13-4-3-5-14(10-13)11-18-19-17(20)12-22-16-8-6-15(21-2)7-9-16/h3-11H,12H2,1-2H3,(H,19,20)/b18-11-. The molecule has 0 bridgehead atoms. The highest BCUT2D eigenvalue weighted by molar-refractivity contribution is 8.00. The molecule has 0 unspecified atom stereocenters. The van der Waals surface area contributed by atoms with E-state index in [1.165, 1.54) is 11.8 Å². The predicted octanol–water partition coefficient (Wildman–Crippen LogP) is 3.25. The van der Waals surface area contributed by atoms with Crippen molar-refractivity contribution in [3.8, 4) is 5.75 Å². The first-order valence-corrected chi connectivity index (χ1v) is 7.81. The van der Waals surface area contributed by atoms with Gasteiger partial charge < -0.3 is 4.74 Å². The maximum atomic E-state index is 11.7. The first-order valence-electron chi connectivity index (χ1n) is 6.83. The Morgan fingerprint density at radius 3 is 2.73 bits per heavy atom. The third-order valence-corrected chi connectivity index (χ3v) is 3.89. The second-order valence-electron chi connectivity index (χ2n) is 4.67. The quantitative estimate of drug-likeness (QED) is 0.506. The fourth-order valence-corrected chi connectivity index (χ4v) is 2.47. The van der Waals surface area contributed by atoms with Crippen molar-refractivity contribution in [1.82, 2.24) is 5.43 Å². The summed E-state index contributed by atoms with van der Waals surface area (Å²) in [6, 6.07) is 15.5. The molecule has 0 saturated carbocycles. The van der Waals surface area contributed by atoms with Gasteiger partial charge in [-0.1, -0.05) is 29.8 Å². The van der Waals surface area contributed by atoms with Gasteiger partial charge in [0.2, 0.25) is 5.91 Å². The predicted molar refractivity (Wildman–Crippen MR) is 90.6 cm³/mol. The monoisotopic (exact) mass is 314 g/mol. The van der Waals surface area contributed by atoms with Crippen molar-refractivity contribution in [2.45, 2.75) is 11.8 Å². The molecule has 0 spiro atoms. The normalized spacial score (nSPS) is 10.6. The molecule has 0 aliphatic carbocycles. The van der Waals surface area contributed by atoms with Crippen LogP contribution in [0.1, 0.15) is 11.1 Å². The van der Waals surface area contributed by atoms with Crippen LogP contribution in [0.15, 0.2) is 58.5 Å². The molecule has 0 fully saturated rings. The average molecular weight is 314 g/mol.